The molecule has 0 unspecified atom stereocenters. The van der Waals surface area contributed by atoms with Crippen molar-refractivity contribution in [2.45, 2.75) is 83.3 Å². The lowest BCUT2D eigenvalue weighted by molar-refractivity contribution is 0.0517. The van der Waals surface area contributed by atoms with Crippen LogP contribution in [0.1, 0.15) is 65.7 Å². The van der Waals surface area contributed by atoms with Crippen LogP contribution in [0.5, 0.6) is 0 Å². The highest BCUT2D eigenvalue weighted by Gasteiger charge is 2.40. The molecule has 1 nitrogen and oxygen atoms in total. The Morgan fingerprint density at radius 1 is 0.786 bits per heavy atom. The molecular weight excluding hydrogens is 170 g/mol. The van der Waals surface area contributed by atoms with E-state index in [0.717, 1.165) is 12.1 Å². The first-order chi connectivity index (χ1) is 6.59. The molecule has 0 aromatic rings. The second-order valence-corrected chi connectivity index (χ2v) is 6.10. The molecule has 0 bridgehead atoms. The molecule has 2 aliphatic rings. The van der Waals surface area contributed by atoms with Gasteiger partial charge in [-0.05, 0) is 46.5 Å². The van der Waals surface area contributed by atoms with Gasteiger partial charge in [0, 0.05) is 17.6 Å². The Hall–Kier alpha value is -0.0400. The van der Waals surface area contributed by atoms with E-state index in [1.807, 2.05) is 0 Å². The molecule has 0 heterocycles. The zero-order valence-corrected chi connectivity index (χ0v) is 10.1. The molecule has 0 atom stereocenters. The molecule has 82 valence electrons. The van der Waals surface area contributed by atoms with Gasteiger partial charge in [0.15, 0.2) is 0 Å². The van der Waals surface area contributed by atoms with E-state index in [2.05, 4.69) is 25.7 Å². The highest BCUT2D eigenvalue weighted by atomic mass is 15.3. The summed E-state index contributed by atoms with van der Waals surface area (Å²) in [6.45, 7) is 7.17. The van der Waals surface area contributed by atoms with E-state index in [1.165, 1.54) is 44.9 Å². The summed E-state index contributed by atoms with van der Waals surface area (Å²) < 4.78 is 0. The van der Waals surface area contributed by atoms with Crippen LogP contribution in [0.25, 0.3) is 0 Å². The molecule has 2 aliphatic carbocycles. The second-order valence-electron chi connectivity index (χ2n) is 6.10. The van der Waals surface area contributed by atoms with Gasteiger partial charge in [-0.15, -0.1) is 0 Å². The molecular formula is C13H25N. The van der Waals surface area contributed by atoms with E-state index in [0.29, 0.717) is 5.54 Å². The lowest BCUT2D eigenvalue weighted by Gasteiger charge is -2.43. The summed E-state index contributed by atoms with van der Waals surface area (Å²) in [4.78, 5) is 2.83. The smallest absolute Gasteiger partial charge is 0.0130 e. The van der Waals surface area contributed by atoms with E-state index < -0.39 is 0 Å². The van der Waals surface area contributed by atoms with E-state index in [9.17, 15) is 0 Å². The van der Waals surface area contributed by atoms with E-state index in [4.69, 9.17) is 0 Å². The molecule has 0 saturated heterocycles. The summed E-state index contributed by atoms with van der Waals surface area (Å²) in [5.74, 6) is 0. The summed E-state index contributed by atoms with van der Waals surface area (Å²) in [6, 6.07) is 1.83. The lowest BCUT2D eigenvalue weighted by Crippen LogP contribution is -2.50. The fraction of sp³-hybridized carbons (Fsp3) is 1.00. The number of hydrogen-bond acceptors (Lipinski definition) is 1. The van der Waals surface area contributed by atoms with Crippen molar-refractivity contribution >= 4 is 0 Å². The Balaban J connectivity index is 2.01. The van der Waals surface area contributed by atoms with Gasteiger partial charge in [0.05, 0.1) is 0 Å². The van der Waals surface area contributed by atoms with E-state index in [-0.39, 0.29) is 0 Å². The summed E-state index contributed by atoms with van der Waals surface area (Å²) in [5.41, 5.74) is 0.392. The fourth-order valence-corrected chi connectivity index (χ4v) is 3.11. The largest absolute Gasteiger partial charge is 0.293 e. The number of nitrogens with zero attached hydrogens (tertiary/aromatic N) is 1. The molecule has 2 saturated carbocycles. The van der Waals surface area contributed by atoms with Gasteiger partial charge in [0.2, 0.25) is 0 Å². The van der Waals surface area contributed by atoms with Gasteiger partial charge >= 0.3 is 0 Å². The van der Waals surface area contributed by atoms with Crippen LogP contribution in [0.15, 0.2) is 0 Å². The predicted octanol–water partition coefficient (Wildman–Crippen LogP) is 3.58. The molecule has 2 rings (SSSR count). The SMILES string of the molecule is CC(C)(C)N(C1CCCCC1)C1CC1. The third-order valence-electron chi connectivity index (χ3n) is 3.68. The zero-order chi connectivity index (χ0) is 10.2. The van der Waals surface area contributed by atoms with Crippen LogP contribution < -0.4 is 0 Å². The van der Waals surface area contributed by atoms with Crippen molar-refractivity contribution in [2.75, 3.05) is 0 Å². The molecule has 0 aromatic heterocycles. The first kappa shape index (κ1) is 10.5. The molecule has 0 radical (unpaired) electrons. The van der Waals surface area contributed by atoms with Crippen LogP contribution in [-0.4, -0.2) is 22.5 Å². The summed E-state index contributed by atoms with van der Waals surface area (Å²) in [6.07, 6.45) is 10.2. The molecule has 14 heavy (non-hydrogen) atoms. The highest BCUT2D eigenvalue weighted by Crippen LogP contribution is 2.38. The molecule has 0 aromatic carbocycles. The van der Waals surface area contributed by atoms with Crippen molar-refractivity contribution in [3.8, 4) is 0 Å². The van der Waals surface area contributed by atoms with Crippen LogP contribution in [0, 0.1) is 0 Å². The Kier molecular flexibility index (Phi) is 2.88. The zero-order valence-electron chi connectivity index (χ0n) is 10.1. The predicted molar refractivity (Wildman–Crippen MR) is 61.5 cm³/mol. The number of hydrogen-bond donors (Lipinski definition) is 0. The minimum Gasteiger partial charge on any atom is -0.293 e. The van der Waals surface area contributed by atoms with Crippen molar-refractivity contribution in [1.82, 2.24) is 4.90 Å². The molecule has 0 amide bonds. The maximum Gasteiger partial charge on any atom is 0.0130 e. The van der Waals surface area contributed by atoms with E-state index in [1.54, 1.807) is 0 Å². The second kappa shape index (κ2) is 3.84. The average Bonchev–Trinajstić information content (AvgIpc) is 2.88. The number of rotatable bonds is 2. The van der Waals surface area contributed by atoms with Crippen LogP contribution in [-0.2, 0) is 0 Å². The summed E-state index contributed by atoms with van der Waals surface area (Å²) in [5, 5.41) is 0. The van der Waals surface area contributed by atoms with Gasteiger partial charge in [0.1, 0.15) is 0 Å². The first-order valence-corrected chi connectivity index (χ1v) is 6.37. The van der Waals surface area contributed by atoms with Gasteiger partial charge in [-0.25, -0.2) is 0 Å². The van der Waals surface area contributed by atoms with Crippen molar-refractivity contribution < 1.29 is 0 Å². The summed E-state index contributed by atoms with van der Waals surface area (Å²) >= 11 is 0. The van der Waals surface area contributed by atoms with E-state index >= 15 is 0 Å². The van der Waals surface area contributed by atoms with Crippen LogP contribution >= 0.6 is 0 Å². The maximum atomic E-state index is 2.83. The van der Waals surface area contributed by atoms with Gasteiger partial charge in [-0.3, -0.25) is 4.90 Å². The van der Waals surface area contributed by atoms with Gasteiger partial charge in [0.25, 0.3) is 0 Å². The lowest BCUT2D eigenvalue weighted by atomic mass is 9.90. The minimum absolute atomic E-state index is 0.392. The van der Waals surface area contributed by atoms with Crippen molar-refractivity contribution in [3.63, 3.8) is 0 Å². The van der Waals surface area contributed by atoms with Crippen molar-refractivity contribution in [2.24, 2.45) is 0 Å². The molecule has 0 aliphatic heterocycles. The Labute approximate surface area is 88.9 Å². The summed E-state index contributed by atoms with van der Waals surface area (Å²) in [7, 11) is 0. The molecule has 2 fully saturated rings. The Morgan fingerprint density at radius 2 is 1.29 bits per heavy atom. The Bertz CT molecular complexity index is 182. The average molecular weight is 195 g/mol. The van der Waals surface area contributed by atoms with Crippen molar-refractivity contribution in [1.29, 1.82) is 0 Å². The topological polar surface area (TPSA) is 3.24 Å². The van der Waals surface area contributed by atoms with Gasteiger partial charge < -0.3 is 0 Å². The highest BCUT2D eigenvalue weighted by molar-refractivity contribution is 4.95. The Morgan fingerprint density at radius 3 is 1.71 bits per heavy atom. The normalized spacial score (nSPS) is 25.7. The molecule has 0 spiro atoms. The van der Waals surface area contributed by atoms with Crippen LogP contribution in [0.4, 0.5) is 0 Å². The van der Waals surface area contributed by atoms with Crippen LogP contribution in [0.2, 0.25) is 0 Å². The third kappa shape index (κ3) is 2.31. The van der Waals surface area contributed by atoms with Crippen molar-refractivity contribution in [3.05, 3.63) is 0 Å². The quantitative estimate of drug-likeness (QED) is 0.651. The minimum atomic E-state index is 0.392. The molecule has 0 N–H and O–H groups in total. The fourth-order valence-electron chi connectivity index (χ4n) is 3.11. The third-order valence-corrected chi connectivity index (χ3v) is 3.68. The monoisotopic (exact) mass is 195 g/mol. The van der Waals surface area contributed by atoms with Gasteiger partial charge in [-0.1, -0.05) is 19.3 Å². The maximum absolute atomic E-state index is 2.83. The first-order valence-electron chi connectivity index (χ1n) is 6.37. The standard InChI is InChI=1S/C13H25N/c1-13(2,3)14(12-9-10-12)11-7-5-4-6-8-11/h11-12H,4-10H2,1-3H3. The van der Waals surface area contributed by atoms with Gasteiger partial charge in [-0.2, -0.15) is 0 Å². The molecule has 1 heteroatoms. The van der Waals surface area contributed by atoms with Crippen LogP contribution in [0.3, 0.4) is 0 Å².